The summed E-state index contributed by atoms with van der Waals surface area (Å²) in [5.41, 5.74) is 5.98. The third-order valence-corrected chi connectivity index (χ3v) is 4.92. The lowest BCUT2D eigenvalue weighted by Crippen LogP contribution is -2.13. The number of benzene rings is 1. The van der Waals surface area contributed by atoms with E-state index in [4.69, 9.17) is 17.3 Å². The fraction of sp³-hybridized carbons (Fsp3) is 0.0769. The second kappa shape index (κ2) is 5.97. The van der Waals surface area contributed by atoms with Gasteiger partial charge in [0.05, 0.1) is 11.9 Å². The first-order valence-corrected chi connectivity index (χ1v) is 7.96. The van der Waals surface area contributed by atoms with Gasteiger partial charge in [-0.2, -0.15) is 0 Å². The Hall–Kier alpha value is -1.70. The molecule has 21 heavy (non-hydrogen) atoms. The summed E-state index contributed by atoms with van der Waals surface area (Å²) in [5.74, 6) is -0.410. The number of rotatable bonds is 4. The van der Waals surface area contributed by atoms with Crippen LogP contribution in [0.4, 0.5) is 0 Å². The number of nitrogens with two attached hydrogens (primary N) is 1. The molecule has 0 fully saturated rings. The van der Waals surface area contributed by atoms with Gasteiger partial charge in [-0.15, -0.1) is 10.2 Å². The van der Waals surface area contributed by atoms with E-state index in [0.29, 0.717) is 10.0 Å². The molecule has 0 saturated heterocycles. The van der Waals surface area contributed by atoms with Crippen LogP contribution in [0.25, 0.3) is 10.9 Å². The zero-order chi connectivity index (χ0) is 14.8. The lowest BCUT2D eigenvalue weighted by Gasteiger charge is -2.03. The van der Waals surface area contributed by atoms with Gasteiger partial charge in [-0.1, -0.05) is 40.8 Å². The standard InChI is InChI=1S/C13H9ClN4OS2/c14-7-1-2-8-9(5-7)16-4-3-10(8)20-13-18-17-12(21-13)6-11(15)19/h1-5H,6H2,(H2,15,19). The minimum Gasteiger partial charge on any atom is -0.369 e. The van der Waals surface area contributed by atoms with Gasteiger partial charge in [0, 0.05) is 21.5 Å². The summed E-state index contributed by atoms with van der Waals surface area (Å²) in [7, 11) is 0. The summed E-state index contributed by atoms with van der Waals surface area (Å²) in [4.78, 5) is 16.2. The normalized spacial score (nSPS) is 10.9. The maximum atomic E-state index is 10.9. The predicted molar refractivity (Wildman–Crippen MR) is 83.7 cm³/mol. The van der Waals surface area contributed by atoms with E-state index in [1.807, 2.05) is 24.3 Å². The van der Waals surface area contributed by atoms with Gasteiger partial charge in [0.25, 0.3) is 0 Å². The highest BCUT2D eigenvalue weighted by atomic mass is 35.5. The van der Waals surface area contributed by atoms with Gasteiger partial charge >= 0.3 is 0 Å². The molecule has 2 N–H and O–H groups in total. The molecule has 0 atom stereocenters. The number of halogens is 1. The SMILES string of the molecule is NC(=O)Cc1nnc(Sc2ccnc3cc(Cl)ccc23)s1. The minimum atomic E-state index is -0.410. The number of primary amides is 1. The summed E-state index contributed by atoms with van der Waals surface area (Å²) in [5, 5.41) is 10.3. The van der Waals surface area contributed by atoms with E-state index in [9.17, 15) is 4.79 Å². The summed E-state index contributed by atoms with van der Waals surface area (Å²) < 4.78 is 0.758. The molecule has 106 valence electrons. The predicted octanol–water partition coefficient (Wildman–Crippen LogP) is 2.92. The molecular formula is C13H9ClN4OS2. The fourth-order valence-electron chi connectivity index (χ4n) is 1.78. The highest BCUT2D eigenvalue weighted by molar-refractivity contribution is 8.01. The van der Waals surface area contributed by atoms with Crippen LogP contribution < -0.4 is 5.73 Å². The number of hydrogen-bond acceptors (Lipinski definition) is 6. The van der Waals surface area contributed by atoms with Crippen LogP contribution in [0.15, 0.2) is 39.7 Å². The van der Waals surface area contributed by atoms with Crippen molar-refractivity contribution in [2.24, 2.45) is 5.73 Å². The number of pyridine rings is 1. The van der Waals surface area contributed by atoms with Crippen LogP contribution in [0.1, 0.15) is 5.01 Å². The van der Waals surface area contributed by atoms with Gasteiger partial charge < -0.3 is 5.73 Å². The number of nitrogens with zero attached hydrogens (tertiary/aromatic N) is 3. The van der Waals surface area contributed by atoms with E-state index < -0.39 is 5.91 Å². The van der Waals surface area contributed by atoms with Crippen molar-refractivity contribution < 1.29 is 4.79 Å². The first kappa shape index (κ1) is 14.2. The first-order chi connectivity index (χ1) is 10.1. The third kappa shape index (κ3) is 3.31. The molecule has 0 bridgehead atoms. The first-order valence-electron chi connectivity index (χ1n) is 5.94. The molecule has 5 nitrogen and oxygen atoms in total. The Balaban J connectivity index is 1.91. The van der Waals surface area contributed by atoms with Crippen molar-refractivity contribution in [3.05, 3.63) is 40.5 Å². The highest BCUT2D eigenvalue weighted by Crippen LogP contribution is 2.35. The Morgan fingerprint density at radius 2 is 2.19 bits per heavy atom. The van der Waals surface area contributed by atoms with Crippen LogP contribution in [-0.4, -0.2) is 21.1 Å². The number of aromatic nitrogens is 3. The van der Waals surface area contributed by atoms with Crippen LogP contribution in [-0.2, 0) is 11.2 Å². The minimum absolute atomic E-state index is 0.116. The van der Waals surface area contributed by atoms with Crippen LogP contribution in [0, 0.1) is 0 Å². The molecule has 0 spiro atoms. The molecule has 0 saturated carbocycles. The summed E-state index contributed by atoms with van der Waals surface area (Å²) in [6.07, 6.45) is 1.84. The number of carbonyl (C=O) groups is 1. The molecule has 0 aliphatic rings. The van der Waals surface area contributed by atoms with Crippen LogP contribution in [0.5, 0.6) is 0 Å². The average Bonchev–Trinajstić information content (AvgIpc) is 2.85. The Morgan fingerprint density at radius 3 is 3.00 bits per heavy atom. The van der Waals surface area contributed by atoms with Crippen molar-refractivity contribution >= 4 is 51.5 Å². The van der Waals surface area contributed by atoms with Gasteiger partial charge in [0.15, 0.2) is 4.34 Å². The molecule has 0 radical (unpaired) electrons. The number of amides is 1. The van der Waals surface area contributed by atoms with Gasteiger partial charge in [-0.3, -0.25) is 9.78 Å². The van der Waals surface area contributed by atoms with E-state index in [-0.39, 0.29) is 6.42 Å². The summed E-state index contributed by atoms with van der Waals surface area (Å²) >= 11 is 8.81. The number of carbonyl (C=O) groups excluding carboxylic acids is 1. The quantitative estimate of drug-likeness (QED) is 0.792. The molecule has 1 amide bonds. The number of hydrogen-bond donors (Lipinski definition) is 1. The van der Waals surface area contributed by atoms with Crippen molar-refractivity contribution in [2.45, 2.75) is 15.7 Å². The molecule has 0 unspecified atom stereocenters. The van der Waals surface area contributed by atoms with E-state index in [2.05, 4.69) is 15.2 Å². The van der Waals surface area contributed by atoms with Gasteiger partial charge in [0.2, 0.25) is 5.91 Å². The molecule has 0 aliphatic heterocycles. The summed E-state index contributed by atoms with van der Waals surface area (Å²) in [6.45, 7) is 0. The van der Waals surface area contributed by atoms with Crippen molar-refractivity contribution in [3.8, 4) is 0 Å². The zero-order valence-corrected chi connectivity index (χ0v) is 13.0. The van der Waals surface area contributed by atoms with Crippen molar-refractivity contribution in [2.75, 3.05) is 0 Å². The molecule has 2 heterocycles. The lowest BCUT2D eigenvalue weighted by molar-refractivity contribution is -0.117. The molecule has 3 aromatic rings. The van der Waals surface area contributed by atoms with Crippen molar-refractivity contribution in [1.82, 2.24) is 15.2 Å². The van der Waals surface area contributed by atoms with E-state index in [1.165, 1.54) is 23.1 Å². The molecular weight excluding hydrogens is 328 g/mol. The second-order valence-electron chi connectivity index (χ2n) is 4.18. The second-order valence-corrected chi connectivity index (χ2v) is 6.96. The molecule has 2 aromatic heterocycles. The Bertz CT molecular complexity index is 821. The summed E-state index contributed by atoms with van der Waals surface area (Å²) in [6, 6.07) is 7.49. The van der Waals surface area contributed by atoms with E-state index >= 15 is 0 Å². The zero-order valence-electron chi connectivity index (χ0n) is 10.6. The molecule has 1 aromatic carbocycles. The monoisotopic (exact) mass is 336 g/mol. The van der Waals surface area contributed by atoms with Gasteiger partial charge in [-0.05, 0) is 18.2 Å². The molecule has 8 heteroatoms. The highest BCUT2D eigenvalue weighted by Gasteiger charge is 2.10. The van der Waals surface area contributed by atoms with E-state index in [0.717, 1.165) is 20.1 Å². The number of fused-ring (bicyclic) bond motifs is 1. The Kier molecular flexibility index (Phi) is 4.05. The van der Waals surface area contributed by atoms with Crippen LogP contribution in [0.2, 0.25) is 5.02 Å². The largest absolute Gasteiger partial charge is 0.369 e. The van der Waals surface area contributed by atoms with Crippen molar-refractivity contribution in [3.63, 3.8) is 0 Å². The van der Waals surface area contributed by atoms with Crippen LogP contribution in [0.3, 0.4) is 0 Å². The maximum absolute atomic E-state index is 10.9. The lowest BCUT2D eigenvalue weighted by atomic mass is 10.2. The van der Waals surface area contributed by atoms with E-state index in [1.54, 1.807) is 6.20 Å². The molecule has 3 rings (SSSR count). The Morgan fingerprint density at radius 1 is 1.33 bits per heavy atom. The maximum Gasteiger partial charge on any atom is 0.224 e. The Labute approximate surface area is 133 Å². The smallest absolute Gasteiger partial charge is 0.224 e. The fourth-order valence-corrected chi connectivity index (χ4v) is 3.93. The van der Waals surface area contributed by atoms with Crippen molar-refractivity contribution in [1.29, 1.82) is 0 Å². The van der Waals surface area contributed by atoms with Gasteiger partial charge in [-0.25, -0.2) is 0 Å². The molecule has 0 aliphatic carbocycles. The topological polar surface area (TPSA) is 81.8 Å². The third-order valence-electron chi connectivity index (χ3n) is 2.64. The average molecular weight is 337 g/mol. The van der Waals surface area contributed by atoms with Gasteiger partial charge in [0.1, 0.15) is 5.01 Å². The van der Waals surface area contributed by atoms with Crippen LogP contribution >= 0.6 is 34.7 Å².